The molecule has 0 unspecified atom stereocenters. The van der Waals surface area contributed by atoms with Gasteiger partial charge in [-0.1, -0.05) is 13.8 Å². The van der Waals surface area contributed by atoms with Crippen molar-refractivity contribution < 1.29 is 0 Å². The third-order valence-corrected chi connectivity index (χ3v) is 3.36. The molecule has 0 aliphatic carbocycles. The summed E-state index contributed by atoms with van der Waals surface area (Å²) in [5.41, 5.74) is 6.22. The third kappa shape index (κ3) is 1.89. The van der Waals surface area contributed by atoms with Crippen LogP contribution in [0.1, 0.15) is 19.7 Å². The minimum Gasteiger partial charge on any atom is -0.323 e. The van der Waals surface area contributed by atoms with Gasteiger partial charge in [-0.05, 0) is 5.92 Å². The van der Waals surface area contributed by atoms with E-state index in [0.29, 0.717) is 5.92 Å². The molecule has 0 aromatic carbocycles. The predicted octanol–water partition coefficient (Wildman–Crippen LogP) is -0.0158. The lowest BCUT2D eigenvalue weighted by Gasteiger charge is -2.50. The molecule has 0 radical (unpaired) electrons. The Hall–Kier alpha value is -0.940. The van der Waals surface area contributed by atoms with E-state index in [1.807, 2.05) is 11.7 Å². The summed E-state index contributed by atoms with van der Waals surface area (Å²) in [6.07, 6.45) is 1.59. The molecule has 1 fully saturated rings. The summed E-state index contributed by atoms with van der Waals surface area (Å²) < 4.78 is 1.81. The van der Waals surface area contributed by atoms with Crippen LogP contribution < -0.4 is 5.73 Å². The Balaban J connectivity index is 1.89. The van der Waals surface area contributed by atoms with E-state index in [1.54, 1.807) is 6.33 Å². The van der Waals surface area contributed by atoms with E-state index in [4.69, 9.17) is 5.73 Å². The molecule has 1 aromatic heterocycles. The molecule has 1 aliphatic rings. The summed E-state index contributed by atoms with van der Waals surface area (Å²) in [7, 11) is 1.92. The van der Waals surface area contributed by atoms with Crippen molar-refractivity contribution in [1.82, 2.24) is 19.7 Å². The first-order valence-corrected chi connectivity index (χ1v) is 5.35. The molecule has 0 amide bonds. The van der Waals surface area contributed by atoms with Crippen molar-refractivity contribution in [3.63, 3.8) is 0 Å². The number of hydrogen-bond donors (Lipinski definition) is 1. The largest absolute Gasteiger partial charge is 0.323 e. The molecule has 1 aliphatic heterocycles. The molecule has 5 heteroatoms. The molecule has 1 aromatic rings. The number of hydrogen-bond acceptors (Lipinski definition) is 4. The second kappa shape index (κ2) is 3.57. The van der Waals surface area contributed by atoms with Crippen molar-refractivity contribution in [3.05, 3.63) is 12.2 Å². The first-order chi connectivity index (χ1) is 7.01. The number of nitrogens with two attached hydrogens (primary N) is 1. The Morgan fingerprint density at radius 1 is 1.53 bits per heavy atom. The smallest absolute Gasteiger partial charge is 0.140 e. The van der Waals surface area contributed by atoms with Gasteiger partial charge in [0, 0.05) is 25.7 Å². The van der Waals surface area contributed by atoms with Crippen molar-refractivity contribution in [2.75, 3.05) is 13.1 Å². The van der Waals surface area contributed by atoms with Crippen LogP contribution in [0.25, 0.3) is 0 Å². The van der Waals surface area contributed by atoms with Crippen molar-refractivity contribution in [1.29, 1.82) is 0 Å². The highest BCUT2D eigenvalue weighted by Crippen LogP contribution is 2.26. The zero-order valence-electron chi connectivity index (χ0n) is 9.64. The predicted molar refractivity (Wildman–Crippen MR) is 58.0 cm³/mol. The molecule has 84 valence electrons. The monoisotopic (exact) mass is 209 g/mol. The van der Waals surface area contributed by atoms with E-state index >= 15 is 0 Å². The number of rotatable bonds is 3. The van der Waals surface area contributed by atoms with E-state index in [9.17, 15) is 0 Å². The van der Waals surface area contributed by atoms with Gasteiger partial charge >= 0.3 is 0 Å². The standard InChI is InChI=1S/C10H19N5/c1-8(2)10(11)5-15(6-10)4-9-12-7-13-14(9)3/h7-8H,4-6,11H2,1-3H3. The maximum atomic E-state index is 6.22. The van der Waals surface area contributed by atoms with Crippen molar-refractivity contribution in [2.24, 2.45) is 18.7 Å². The minimum absolute atomic E-state index is 0.00140. The number of aromatic nitrogens is 3. The van der Waals surface area contributed by atoms with Gasteiger partial charge in [-0.15, -0.1) is 0 Å². The van der Waals surface area contributed by atoms with Crippen molar-refractivity contribution in [2.45, 2.75) is 25.9 Å². The molecule has 1 saturated heterocycles. The van der Waals surface area contributed by atoms with Gasteiger partial charge in [0.05, 0.1) is 6.54 Å². The van der Waals surface area contributed by atoms with Crippen molar-refractivity contribution >= 4 is 0 Å². The fourth-order valence-corrected chi connectivity index (χ4v) is 1.93. The second-order valence-electron chi connectivity index (χ2n) is 4.83. The minimum atomic E-state index is -0.00140. The Morgan fingerprint density at radius 2 is 2.20 bits per heavy atom. The number of aryl methyl sites for hydroxylation is 1. The quantitative estimate of drug-likeness (QED) is 0.760. The van der Waals surface area contributed by atoms with Crippen LogP contribution in [0.3, 0.4) is 0 Å². The van der Waals surface area contributed by atoms with E-state index in [2.05, 4.69) is 28.8 Å². The lowest BCUT2D eigenvalue weighted by Crippen LogP contribution is -2.69. The highest BCUT2D eigenvalue weighted by atomic mass is 15.3. The summed E-state index contributed by atoms with van der Waals surface area (Å²) in [4.78, 5) is 6.51. The van der Waals surface area contributed by atoms with Gasteiger partial charge in [0.2, 0.25) is 0 Å². The molecular weight excluding hydrogens is 190 g/mol. The Bertz CT molecular complexity index is 337. The Morgan fingerprint density at radius 3 is 2.67 bits per heavy atom. The summed E-state index contributed by atoms with van der Waals surface area (Å²) in [5, 5.41) is 4.05. The molecule has 5 nitrogen and oxygen atoms in total. The zero-order chi connectivity index (χ0) is 11.1. The maximum Gasteiger partial charge on any atom is 0.140 e. The average Bonchev–Trinajstić information content (AvgIpc) is 2.48. The lowest BCUT2D eigenvalue weighted by molar-refractivity contribution is 0.0285. The van der Waals surface area contributed by atoms with Gasteiger partial charge in [-0.25, -0.2) is 4.98 Å². The second-order valence-corrected chi connectivity index (χ2v) is 4.83. The first kappa shape index (κ1) is 10.6. The van der Waals surface area contributed by atoms with Crippen LogP contribution in [0.15, 0.2) is 6.33 Å². The van der Waals surface area contributed by atoms with Crippen LogP contribution in [-0.4, -0.2) is 38.3 Å². The van der Waals surface area contributed by atoms with Gasteiger partial charge in [0.1, 0.15) is 12.2 Å². The average molecular weight is 209 g/mol. The van der Waals surface area contributed by atoms with Gasteiger partial charge in [-0.3, -0.25) is 9.58 Å². The Labute approximate surface area is 90.3 Å². The SMILES string of the molecule is CC(C)C1(N)CN(Cc2ncnn2C)C1. The van der Waals surface area contributed by atoms with E-state index in [0.717, 1.165) is 25.5 Å². The maximum absolute atomic E-state index is 6.22. The van der Waals surface area contributed by atoms with Gasteiger partial charge in [0.15, 0.2) is 0 Å². The summed E-state index contributed by atoms with van der Waals surface area (Å²) in [6, 6.07) is 0. The zero-order valence-corrected chi connectivity index (χ0v) is 9.64. The fourth-order valence-electron chi connectivity index (χ4n) is 1.93. The highest BCUT2D eigenvalue weighted by molar-refractivity contribution is 5.03. The highest BCUT2D eigenvalue weighted by Gasteiger charge is 2.41. The summed E-state index contributed by atoms with van der Waals surface area (Å²) in [5.74, 6) is 1.54. The van der Waals surface area contributed by atoms with Crippen LogP contribution in [0, 0.1) is 5.92 Å². The van der Waals surface area contributed by atoms with Crippen LogP contribution in [0.5, 0.6) is 0 Å². The van der Waals surface area contributed by atoms with Crippen LogP contribution >= 0.6 is 0 Å². The summed E-state index contributed by atoms with van der Waals surface area (Å²) >= 11 is 0. The Kier molecular flexibility index (Phi) is 2.52. The molecule has 0 bridgehead atoms. The first-order valence-electron chi connectivity index (χ1n) is 5.35. The van der Waals surface area contributed by atoms with Crippen molar-refractivity contribution in [3.8, 4) is 0 Å². The van der Waals surface area contributed by atoms with Crippen LogP contribution in [0.4, 0.5) is 0 Å². The summed E-state index contributed by atoms with van der Waals surface area (Å²) in [6.45, 7) is 7.12. The molecule has 2 heterocycles. The van der Waals surface area contributed by atoms with Gasteiger partial charge < -0.3 is 5.73 Å². The topological polar surface area (TPSA) is 60.0 Å². The van der Waals surface area contributed by atoms with Crippen LogP contribution in [-0.2, 0) is 13.6 Å². The fraction of sp³-hybridized carbons (Fsp3) is 0.800. The molecule has 2 N–H and O–H groups in total. The van der Waals surface area contributed by atoms with E-state index < -0.39 is 0 Å². The van der Waals surface area contributed by atoms with Gasteiger partial charge in [-0.2, -0.15) is 5.10 Å². The molecule has 15 heavy (non-hydrogen) atoms. The van der Waals surface area contributed by atoms with E-state index in [-0.39, 0.29) is 5.54 Å². The lowest BCUT2D eigenvalue weighted by atomic mass is 9.80. The number of likely N-dealkylation sites (tertiary alicyclic amines) is 1. The van der Waals surface area contributed by atoms with Gasteiger partial charge in [0.25, 0.3) is 0 Å². The molecule has 0 spiro atoms. The number of nitrogens with zero attached hydrogens (tertiary/aromatic N) is 4. The molecular formula is C10H19N5. The van der Waals surface area contributed by atoms with Crippen LogP contribution in [0.2, 0.25) is 0 Å². The molecule has 0 saturated carbocycles. The normalized spacial score (nSPS) is 20.6. The third-order valence-electron chi connectivity index (χ3n) is 3.36. The molecule has 0 atom stereocenters. The van der Waals surface area contributed by atoms with E-state index in [1.165, 1.54) is 0 Å². The molecule has 2 rings (SSSR count).